The van der Waals surface area contributed by atoms with Gasteiger partial charge in [-0.15, -0.1) is 0 Å². The van der Waals surface area contributed by atoms with Crippen molar-refractivity contribution in [2.24, 2.45) is 0 Å². The summed E-state index contributed by atoms with van der Waals surface area (Å²) in [5.74, 6) is -0.572. The van der Waals surface area contributed by atoms with E-state index in [9.17, 15) is 4.79 Å². The zero-order chi connectivity index (χ0) is 7.11. The van der Waals surface area contributed by atoms with Gasteiger partial charge in [0.2, 0.25) is 0 Å². The third-order valence-electron chi connectivity index (χ3n) is 0.554. The second-order valence-electron chi connectivity index (χ2n) is 1.23. The lowest BCUT2D eigenvalue weighted by molar-refractivity contribution is -0.136. The topological polar surface area (TPSA) is 46.5 Å². The number of esters is 1. The molecule has 50 valence electrons. The molecule has 0 heterocycles. The first-order chi connectivity index (χ1) is 4.31. The van der Waals surface area contributed by atoms with E-state index in [4.69, 9.17) is 5.11 Å². The number of rotatable bonds is 3. The van der Waals surface area contributed by atoms with Crippen molar-refractivity contribution < 1.29 is 14.6 Å². The largest absolute Gasteiger partial charge is 0.515 e. The summed E-state index contributed by atoms with van der Waals surface area (Å²) in [4.78, 5) is 10.3. The van der Waals surface area contributed by atoms with Crippen LogP contribution in [-0.4, -0.2) is 17.7 Å². The molecule has 0 aromatic heterocycles. The van der Waals surface area contributed by atoms with E-state index in [2.05, 4.69) is 11.3 Å². The fourth-order valence-corrected chi connectivity index (χ4v) is 0.250. The van der Waals surface area contributed by atoms with Crippen LogP contribution in [0.4, 0.5) is 0 Å². The van der Waals surface area contributed by atoms with Crippen LogP contribution in [0.3, 0.4) is 0 Å². The summed E-state index contributed by atoms with van der Waals surface area (Å²) in [6, 6.07) is 0. The summed E-state index contributed by atoms with van der Waals surface area (Å²) in [5.41, 5.74) is 0. The fraction of sp³-hybridized carbons (Fsp3) is 0.167. The highest BCUT2D eigenvalue weighted by atomic mass is 16.5. The quantitative estimate of drug-likeness (QED) is 0.264. The van der Waals surface area contributed by atoms with Gasteiger partial charge in [-0.1, -0.05) is 12.7 Å². The molecule has 9 heavy (non-hydrogen) atoms. The molecule has 0 aromatic carbocycles. The maximum Gasteiger partial charge on any atom is 0.334 e. The van der Waals surface area contributed by atoms with Crippen molar-refractivity contribution in [3.05, 3.63) is 25.0 Å². The Kier molecular flexibility index (Phi) is 4.22. The van der Waals surface area contributed by atoms with Crippen molar-refractivity contribution in [2.45, 2.75) is 0 Å². The van der Waals surface area contributed by atoms with E-state index in [1.165, 1.54) is 6.08 Å². The van der Waals surface area contributed by atoms with Crippen LogP contribution < -0.4 is 0 Å². The molecule has 0 aromatic rings. The van der Waals surface area contributed by atoms with E-state index in [-0.39, 0.29) is 6.61 Å². The van der Waals surface area contributed by atoms with Crippen LogP contribution in [0.1, 0.15) is 0 Å². The second kappa shape index (κ2) is 4.90. The number of aliphatic hydroxyl groups excluding tert-OH is 1. The van der Waals surface area contributed by atoms with Gasteiger partial charge in [-0.3, -0.25) is 0 Å². The third-order valence-corrected chi connectivity index (χ3v) is 0.554. The van der Waals surface area contributed by atoms with E-state index >= 15 is 0 Å². The number of ether oxygens (including phenoxy) is 1. The molecule has 0 fully saturated rings. The van der Waals surface area contributed by atoms with Gasteiger partial charge in [-0.2, -0.15) is 0 Å². The molecule has 0 saturated heterocycles. The van der Waals surface area contributed by atoms with Gasteiger partial charge in [0.05, 0.1) is 12.3 Å². The molecule has 0 amide bonds. The summed E-state index contributed by atoms with van der Waals surface area (Å²) in [6.07, 6.45) is 3.00. The molecule has 0 rings (SSSR count). The Morgan fingerprint density at radius 1 is 1.78 bits per heavy atom. The average molecular weight is 128 g/mol. The van der Waals surface area contributed by atoms with Gasteiger partial charge >= 0.3 is 5.97 Å². The van der Waals surface area contributed by atoms with E-state index in [0.29, 0.717) is 6.26 Å². The van der Waals surface area contributed by atoms with E-state index < -0.39 is 5.97 Å². The SMILES string of the molecule is C=CCOC(=O)C=CO. The van der Waals surface area contributed by atoms with Gasteiger partial charge in [-0.25, -0.2) is 4.79 Å². The number of carbonyl (C=O) groups excluding carboxylic acids is 1. The van der Waals surface area contributed by atoms with Crippen molar-refractivity contribution in [1.29, 1.82) is 0 Å². The molecule has 0 atom stereocenters. The van der Waals surface area contributed by atoms with Gasteiger partial charge in [0.15, 0.2) is 0 Å². The standard InChI is InChI=1S/C6H8O3/c1-2-5-9-6(8)3-4-7/h2-4,7H,1,5H2. The molecule has 0 spiro atoms. The van der Waals surface area contributed by atoms with Gasteiger partial charge in [0.25, 0.3) is 0 Å². The number of carbonyl (C=O) groups is 1. The Morgan fingerprint density at radius 2 is 2.44 bits per heavy atom. The minimum absolute atomic E-state index is 0.170. The molecule has 1 N–H and O–H groups in total. The summed E-state index contributed by atoms with van der Waals surface area (Å²) < 4.78 is 4.43. The predicted molar refractivity (Wildman–Crippen MR) is 32.9 cm³/mol. The zero-order valence-electron chi connectivity index (χ0n) is 4.91. The predicted octanol–water partition coefficient (Wildman–Crippen LogP) is 0.787. The Bertz CT molecular complexity index is 126. The van der Waals surface area contributed by atoms with Gasteiger partial charge in [0, 0.05) is 0 Å². The summed E-state index contributed by atoms with van der Waals surface area (Å²) in [5, 5.41) is 8.03. The monoisotopic (exact) mass is 128 g/mol. The number of hydrogen-bond donors (Lipinski definition) is 1. The third kappa shape index (κ3) is 4.61. The van der Waals surface area contributed by atoms with Crippen LogP contribution in [0, 0.1) is 0 Å². The molecular weight excluding hydrogens is 120 g/mol. The van der Waals surface area contributed by atoms with Crippen molar-refractivity contribution in [2.75, 3.05) is 6.61 Å². The van der Waals surface area contributed by atoms with Crippen LogP contribution in [0.5, 0.6) is 0 Å². The zero-order valence-corrected chi connectivity index (χ0v) is 4.91. The van der Waals surface area contributed by atoms with Crippen molar-refractivity contribution in [3.63, 3.8) is 0 Å². The smallest absolute Gasteiger partial charge is 0.334 e. The van der Waals surface area contributed by atoms with E-state index in [1.54, 1.807) is 0 Å². The second-order valence-corrected chi connectivity index (χ2v) is 1.23. The lowest BCUT2D eigenvalue weighted by Crippen LogP contribution is -1.99. The minimum atomic E-state index is -0.572. The lowest BCUT2D eigenvalue weighted by atomic mass is 10.6. The molecule has 0 aliphatic heterocycles. The highest BCUT2D eigenvalue weighted by Gasteiger charge is 1.90. The first-order valence-corrected chi connectivity index (χ1v) is 2.39. The molecule has 0 aliphatic rings. The first kappa shape index (κ1) is 7.75. The lowest BCUT2D eigenvalue weighted by Gasteiger charge is -1.92. The maximum absolute atomic E-state index is 10.3. The molecule has 0 unspecified atom stereocenters. The van der Waals surface area contributed by atoms with Crippen LogP contribution in [0.2, 0.25) is 0 Å². The van der Waals surface area contributed by atoms with E-state index in [1.807, 2.05) is 0 Å². The summed E-state index contributed by atoms with van der Waals surface area (Å²) in [7, 11) is 0. The van der Waals surface area contributed by atoms with E-state index in [0.717, 1.165) is 6.08 Å². The Labute approximate surface area is 53.3 Å². The van der Waals surface area contributed by atoms with Crippen LogP contribution in [0.15, 0.2) is 25.0 Å². The van der Waals surface area contributed by atoms with Gasteiger partial charge in [0.1, 0.15) is 6.61 Å². The molecule has 0 radical (unpaired) electrons. The minimum Gasteiger partial charge on any atom is -0.515 e. The molecule has 3 heteroatoms. The Morgan fingerprint density at radius 3 is 2.89 bits per heavy atom. The van der Waals surface area contributed by atoms with Crippen molar-refractivity contribution >= 4 is 5.97 Å². The van der Waals surface area contributed by atoms with Crippen LogP contribution in [0.25, 0.3) is 0 Å². The van der Waals surface area contributed by atoms with Crippen LogP contribution >= 0.6 is 0 Å². The molecule has 3 nitrogen and oxygen atoms in total. The normalized spacial score (nSPS) is 9.33. The molecule has 0 aliphatic carbocycles. The Balaban J connectivity index is 3.38. The molecule has 0 bridgehead atoms. The van der Waals surface area contributed by atoms with Crippen molar-refractivity contribution in [3.8, 4) is 0 Å². The highest BCUT2D eigenvalue weighted by molar-refractivity contribution is 5.81. The average Bonchev–Trinajstić information content (AvgIpc) is 1.85. The van der Waals surface area contributed by atoms with Gasteiger partial charge in [-0.05, 0) is 0 Å². The van der Waals surface area contributed by atoms with Crippen LogP contribution in [-0.2, 0) is 9.53 Å². The summed E-state index contributed by atoms with van der Waals surface area (Å²) >= 11 is 0. The fourth-order valence-electron chi connectivity index (χ4n) is 0.250. The maximum atomic E-state index is 10.3. The van der Waals surface area contributed by atoms with Crippen molar-refractivity contribution in [1.82, 2.24) is 0 Å². The number of aliphatic hydroxyl groups is 1. The molecule has 0 saturated carbocycles. The molecular formula is C6H8O3. The first-order valence-electron chi connectivity index (χ1n) is 2.39. The highest BCUT2D eigenvalue weighted by Crippen LogP contribution is 1.79. The van der Waals surface area contributed by atoms with Gasteiger partial charge < -0.3 is 9.84 Å². The number of hydrogen-bond acceptors (Lipinski definition) is 3. The summed E-state index contributed by atoms with van der Waals surface area (Å²) in [6.45, 7) is 3.50. The Hall–Kier alpha value is -1.25.